The van der Waals surface area contributed by atoms with Crippen molar-refractivity contribution >= 4 is 27.5 Å². The van der Waals surface area contributed by atoms with Gasteiger partial charge in [-0.1, -0.05) is 5.16 Å². The topological polar surface area (TPSA) is 102 Å². The van der Waals surface area contributed by atoms with Crippen LogP contribution in [0.2, 0.25) is 0 Å². The van der Waals surface area contributed by atoms with Gasteiger partial charge < -0.3 is 29.5 Å². The number of oxime groups is 1. The van der Waals surface area contributed by atoms with Gasteiger partial charge in [0.2, 0.25) is 18.3 Å². The molecule has 0 bridgehead atoms. The first-order valence-corrected chi connectivity index (χ1v) is 7.60. The first-order valence-electron chi connectivity index (χ1n) is 6.81. The number of methoxy groups -OCH3 is 2. The molecular weight excluding hydrogens is 372 g/mol. The normalized spacial score (nSPS) is 18.4. The third kappa shape index (κ3) is 2.65. The molecule has 23 heavy (non-hydrogen) atoms. The smallest absolute Gasteiger partial charge is 0.266 e. The zero-order chi connectivity index (χ0) is 16.6. The summed E-state index contributed by atoms with van der Waals surface area (Å²) in [4.78, 5) is 16.4. The van der Waals surface area contributed by atoms with E-state index in [4.69, 9.17) is 29.5 Å². The van der Waals surface area contributed by atoms with E-state index in [1.165, 1.54) is 14.2 Å². The Morgan fingerprint density at radius 2 is 2.00 bits per heavy atom. The zero-order valence-electron chi connectivity index (χ0n) is 12.6. The van der Waals surface area contributed by atoms with Crippen molar-refractivity contribution in [2.45, 2.75) is 18.9 Å². The fraction of sp³-hybridized carbons (Fsp3) is 0.429. The lowest BCUT2D eigenvalue weighted by Crippen LogP contribution is -2.23. The van der Waals surface area contributed by atoms with Crippen LogP contribution in [0.3, 0.4) is 0 Å². The van der Waals surface area contributed by atoms with Crippen molar-refractivity contribution in [3.8, 4) is 23.0 Å². The lowest BCUT2D eigenvalue weighted by Gasteiger charge is -2.18. The predicted molar refractivity (Wildman–Crippen MR) is 83.2 cm³/mol. The first-order chi connectivity index (χ1) is 11.1. The average molecular weight is 387 g/mol. The maximum Gasteiger partial charge on any atom is 0.266 e. The number of nitrogens with two attached hydrogens (primary N) is 1. The number of halogens is 1. The van der Waals surface area contributed by atoms with Crippen molar-refractivity contribution in [3.05, 3.63) is 10.0 Å². The number of amides is 1. The summed E-state index contributed by atoms with van der Waals surface area (Å²) >= 11 is 3.51. The van der Waals surface area contributed by atoms with Crippen molar-refractivity contribution in [1.29, 1.82) is 0 Å². The van der Waals surface area contributed by atoms with Gasteiger partial charge in [0.25, 0.3) is 5.91 Å². The molecule has 3 rings (SSSR count). The van der Waals surface area contributed by atoms with Crippen molar-refractivity contribution in [2.75, 3.05) is 21.0 Å². The van der Waals surface area contributed by atoms with Crippen LogP contribution < -0.4 is 24.7 Å². The van der Waals surface area contributed by atoms with Gasteiger partial charge in [-0.05, 0) is 15.9 Å². The standard InChI is InChI=1S/C14H15BrN2O6/c1-19-10-7(3-6-4-8(14(16)18)17-23-6)9(15)11-13(12(10)20-2)22-5-21-11/h6H,3-5H2,1-2H3,(H2,16,18)/t6-/m0/s1. The number of fused-ring (bicyclic) bond motifs is 1. The van der Waals surface area contributed by atoms with Crippen molar-refractivity contribution in [3.63, 3.8) is 0 Å². The second-order valence-electron chi connectivity index (χ2n) is 4.96. The van der Waals surface area contributed by atoms with E-state index in [0.29, 0.717) is 40.3 Å². The van der Waals surface area contributed by atoms with Crippen LogP contribution in [0.5, 0.6) is 23.0 Å². The number of benzene rings is 1. The molecule has 9 heteroatoms. The molecule has 0 spiro atoms. The minimum Gasteiger partial charge on any atom is -0.492 e. The largest absolute Gasteiger partial charge is 0.492 e. The van der Waals surface area contributed by atoms with Gasteiger partial charge in [-0.25, -0.2) is 0 Å². The molecule has 0 aliphatic carbocycles. The summed E-state index contributed by atoms with van der Waals surface area (Å²) in [5.41, 5.74) is 6.22. The third-order valence-electron chi connectivity index (χ3n) is 3.62. The molecule has 0 radical (unpaired) electrons. The van der Waals surface area contributed by atoms with Crippen LogP contribution in [-0.2, 0) is 16.1 Å². The number of hydrogen-bond acceptors (Lipinski definition) is 7. The maximum atomic E-state index is 11.2. The van der Waals surface area contributed by atoms with Crippen molar-refractivity contribution in [1.82, 2.24) is 0 Å². The van der Waals surface area contributed by atoms with E-state index in [1.54, 1.807) is 0 Å². The highest BCUT2D eigenvalue weighted by atomic mass is 79.9. The molecule has 2 aliphatic heterocycles. The molecule has 124 valence electrons. The fourth-order valence-electron chi connectivity index (χ4n) is 2.58. The van der Waals surface area contributed by atoms with Crippen LogP contribution in [0, 0.1) is 0 Å². The number of carbonyl (C=O) groups excluding carboxylic acids is 1. The van der Waals surface area contributed by atoms with Gasteiger partial charge in [0.1, 0.15) is 11.8 Å². The van der Waals surface area contributed by atoms with E-state index >= 15 is 0 Å². The summed E-state index contributed by atoms with van der Waals surface area (Å²) in [6, 6.07) is 0. The van der Waals surface area contributed by atoms with Crippen LogP contribution in [0.25, 0.3) is 0 Å². The molecule has 0 unspecified atom stereocenters. The number of hydrogen-bond donors (Lipinski definition) is 1. The summed E-state index contributed by atoms with van der Waals surface area (Å²) in [7, 11) is 3.06. The number of primary amides is 1. The van der Waals surface area contributed by atoms with Gasteiger partial charge >= 0.3 is 0 Å². The lowest BCUT2D eigenvalue weighted by molar-refractivity contribution is -0.112. The fourth-order valence-corrected chi connectivity index (χ4v) is 3.22. The van der Waals surface area contributed by atoms with Crippen molar-refractivity contribution < 1.29 is 28.6 Å². The minimum atomic E-state index is -0.582. The molecule has 1 amide bonds. The molecular formula is C14H15BrN2O6. The Kier molecular flexibility index (Phi) is 4.20. The number of carbonyl (C=O) groups is 1. The number of rotatable bonds is 5. The van der Waals surface area contributed by atoms with Gasteiger partial charge in [-0.15, -0.1) is 0 Å². The lowest BCUT2D eigenvalue weighted by atomic mass is 10.0. The third-order valence-corrected chi connectivity index (χ3v) is 4.46. The molecule has 2 heterocycles. The Bertz CT molecular complexity index is 691. The second-order valence-corrected chi connectivity index (χ2v) is 5.75. The highest BCUT2D eigenvalue weighted by molar-refractivity contribution is 9.10. The number of nitrogens with zero attached hydrogens (tertiary/aromatic N) is 1. The van der Waals surface area contributed by atoms with Crippen LogP contribution in [0.15, 0.2) is 9.63 Å². The van der Waals surface area contributed by atoms with E-state index in [1.807, 2.05) is 0 Å². The van der Waals surface area contributed by atoms with E-state index in [2.05, 4.69) is 21.1 Å². The Hall–Kier alpha value is -2.16. The van der Waals surface area contributed by atoms with Crippen LogP contribution in [-0.4, -0.2) is 38.7 Å². The molecule has 0 aromatic heterocycles. The summed E-state index contributed by atoms with van der Waals surface area (Å²) in [6.07, 6.45) is 0.436. The number of ether oxygens (including phenoxy) is 4. The van der Waals surface area contributed by atoms with E-state index in [-0.39, 0.29) is 18.6 Å². The highest BCUT2D eigenvalue weighted by Crippen LogP contribution is 2.54. The quantitative estimate of drug-likeness (QED) is 0.819. The Morgan fingerprint density at radius 3 is 2.61 bits per heavy atom. The molecule has 0 saturated carbocycles. The first kappa shape index (κ1) is 15.7. The molecule has 2 aliphatic rings. The molecule has 0 saturated heterocycles. The molecule has 0 fully saturated rings. The Balaban J connectivity index is 1.95. The molecule has 8 nitrogen and oxygen atoms in total. The van der Waals surface area contributed by atoms with Gasteiger partial charge in [0, 0.05) is 18.4 Å². The molecule has 1 aromatic rings. The molecule has 1 aromatic carbocycles. The second kappa shape index (κ2) is 6.15. The van der Waals surface area contributed by atoms with Gasteiger partial charge in [-0.3, -0.25) is 4.79 Å². The van der Waals surface area contributed by atoms with Crippen LogP contribution >= 0.6 is 15.9 Å². The van der Waals surface area contributed by atoms with E-state index < -0.39 is 5.91 Å². The van der Waals surface area contributed by atoms with Gasteiger partial charge in [0.15, 0.2) is 11.5 Å². The molecule has 1 atom stereocenters. The molecule has 2 N–H and O–H groups in total. The Labute approximate surface area is 140 Å². The van der Waals surface area contributed by atoms with E-state index in [0.717, 1.165) is 5.56 Å². The maximum absolute atomic E-state index is 11.2. The van der Waals surface area contributed by atoms with Crippen molar-refractivity contribution in [2.24, 2.45) is 10.9 Å². The summed E-state index contributed by atoms with van der Waals surface area (Å²) in [5, 5.41) is 3.71. The summed E-state index contributed by atoms with van der Waals surface area (Å²) in [6.45, 7) is 0.103. The minimum absolute atomic E-state index is 0.103. The average Bonchev–Trinajstić information content (AvgIpc) is 3.18. The van der Waals surface area contributed by atoms with Crippen LogP contribution in [0.4, 0.5) is 0 Å². The highest BCUT2D eigenvalue weighted by Gasteiger charge is 2.33. The summed E-state index contributed by atoms with van der Waals surface area (Å²) in [5.74, 6) is 1.42. The van der Waals surface area contributed by atoms with E-state index in [9.17, 15) is 4.79 Å². The predicted octanol–water partition coefficient (Wildman–Crippen LogP) is 1.37. The van der Waals surface area contributed by atoms with Gasteiger partial charge in [-0.2, -0.15) is 0 Å². The van der Waals surface area contributed by atoms with Crippen LogP contribution in [0.1, 0.15) is 12.0 Å². The SMILES string of the molecule is COc1c(C[C@H]2CC(C(N)=O)=NO2)c(Br)c2c(c1OC)OCO2. The van der Waals surface area contributed by atoms with Gasteiger partial charge in [0.05, 0.1) is 18.7 Å². The Morgan fingerprint density at radius 1 is 1.30 bits per heavy atom. The zero-order valence-corrected chi connectivity index (χ0v) is 14.1. The monoisotopic (exact) mass is 386 g/mol. The summed E-state index contributed by atoms with van der Waals surface area (Å²) < 4.78 is 22.5.